The second-order valence-corrected chi connectivity index (χ2v) is 5.30. The molecule has 2 aromatic rings. The van der Waals surface area contributed by atoms with Crippen LogP contribution in [-0.4, -0.2) is 25.2 Å². The Labute approximate surface area is 123 Å². The molecule has 0 saturated heterocycles. The zero-order chi connectivity index (χ0) is 15.6. The molecule has 2 heterocycles. The van der Waals surface area contributed by atoms with Crippen LogP contribution in [0.4, 0.5) is 0 Å². The first-order valence-corrected chi connectivity index (χ1v) is 7.38. The topological polar surface area (TPSA) is 87.8 Å². The minimum Gasteiger partial charge on any atom is -0.330 e. The molecule has 0 amide bonds. The van der Waals surface area contributed by atoms with Gasteiger partial charge in [-0.3, -0.25) is 13.9 Å². The summed E-state index contributed by atoms with van der Waals surface area (Å²) in [5, 5.41) is 0. The van der Waals surface area contributed by atoms with E-state index in [0.717, 1.165) is 31.5 Å². The predicted molar refractivity (Wildman–Crippen MR) is 82.5 cm³/mol. The molecule has 21 heavy (non-hydrogen) atoms. The molecule has 2 N–H and O–H groups in total. The molecule has 0 bridgehead atoms. The summed E-state index contributed by atoms with van der Waals surface area (Å²) >= 11 is 0. The Morgan fingerprint density at radius 3 is 2.48 bits per heavy atom. The van der Waals surface area contributed by atoms with E-state index in [0.29, 0.717) is 24.3 Å². The van der Waals surface area contributed by atoms with Gasteiger partial charge in [0.25, 0.3) is 5.56 Å². The molecule has 2 rings (SSSR count). The molecule has 2 aromatic heterocycles. The van der Waals surface area contributed by atoms with Gasteiger partial charge >= 0.3 is 5.69 Å². The van der Waals surface area contributed by atoms with Gasteiger partial charge in [0.05, 0.1) is 0 Å². The van der Waals surface area contributed by atoms with Crippen molar-refractivity contribution in [2.24, 2.45) is 19.8 Å². The normalized spacial score (nSPS) is 11.4. The molecular weight excluding hydrogens is 270 g/mol. The van der Waals surface area contributed by atoms with E-state index in [1.807, 2.05) is 7.05 Å². The lowest BCUT2D eigenvalue weighted by atomic mass is 10.3. The maximum absolute atomic E-state index is 12.6. The van der Waals surface area contributed by atoms with Gasteiger partial charge in [-0.15, -0.1) is 0 Å². The van der Waals surface area contributed by atoms with E-state index in [2.05, 4.69) is 11.9 Å². The predicted octanol–water partition coefficient (Wildman–Crippen LogP) is 0.125. The van der Waals surface area contributed by atoms with E-state index >= 15 is 0 Å². The third-order valence-electron chi connectivity index (χ3n) is 3.76. The smallest absolute Gasteiger partial charge is 0.330 e. The number of hydrogen-bond donors (Lipinski definition) is 1. The van der Waals surface area contributed by atoms with Crippen LogP contribution in [0.5, 0.6) is 0 Å². The van der Waals surface area contributed by atoms with Crippen LogP contribution in [0.1, 0.15) is 32.0 Å². The van der Waals surface area contributed by atoms with Gasteiger partial charge in [-0.05, 0) is 25.8 Å². The number of hydrogen-bond acceptors (Lipinski definition) is 4. The van der Waals surface area contributed by atoms with Crippen molar-refractivity contribution >= 4 is 11.2 Å². The highest BCUT2D eigenvalue weighted by atomic mass is 16.2. The fraction of sp³-hybridized carbons (Fsp3) is 0.643. The van der Waals surface area contributed by atoms with Gasteiger partial charge in [-0.1, -0.05) is 6.92 Å². The molecule has 0 spiro atoms. The third kappa shape index (κ3) is 2.65. The first-order chi connectivity index (χ1) is 10.0. The first-order valence-electron chi connectivity index (χ1n) is 7.38. The summed E-state index contributed by atoms with van der Waals surface area (Å²) in [7, 11) is 3.49. The SMILES string of the molecule is CCCc1nc2c(c(=O)n(CCCCN)c(=O)n2C)n1C. The Hall–Kier alpha value is -1.89. The monoisotopic (exact) mass is 293 g/mol. The standard InChI is InChI=1S/C14H23N5O2/c1-4-7-10-16-12-11(17(10)2)13(20)19(9-6-5-8-15)14(21)18(12)3/h4-9,15H2,1-3H3. The van der Waals surface area contributed by atoms with Crippen molar-refractivity contribution < 1.29 is 0 Å². The summed E-state index contributed by atoms with van der Waals surface area (Å²) in [6, 6.07) is 0. The van der Waals surface area contributed by atoms with E-state index in [9.17, 15) is 9.59 Å². The Balaban J connectivity index is 2.65. The van der Waals surface area contributed by atoms with Crippen molar-refractivity contribution in [1.82, 2.24) is 18.7 Å². The van der Waals surface area contributed by atoms with Crippen LogP contribution in [0, 0.1) is 0 Å². The summed E-state index contributed by atoms with van der Waals surface area (Å²) in [6.07, 6.45) is 3.23. The van der Waals surface area contributed by atoms with E-state index in [1.165, 1.54) is 9.13 Å². The lowest BCUT2D eigenvalue weighted by Gasteiger charge is -2.08. The van der Waals surface area contributed by atoms with Gasteiger partial charge in [0.1, 0.15) is 5.82 Å². The molecule has 0 radical (unpaired) electrons. The molecule has 0 unspecified atom stereocenters. The van der Waals surface area contributed by atoms with Gasteiger partial charge in [-0.2, -0.15) is 0 Å². The van der Waals surface area contributed by atoms with Crippen LogP contribution >= 0.6 is 0 Å². The fourth-order valence-corrected chi connectivity index (χ4v) is 2.55. The zero-order valence-electron chi connectivity index (χ0n) is 12.9. The average Bonchev–Trinajstić information content (AvgIpc) is 2.78. The number of rotatable bonds is 6. The summed E-state index contributed by atoms with van der Waals surface area (Å²) in [4.78, 5) is 29.4. The van der Waals surface area contributed by atoms with E-state index in [-0.39, 0.29) is 11.2 Å². The largest absolute Gasteiger partial charge is 0.332 e. The Bertz CT molecular complexity index is 753. The summed E-state index contributed by atoms with van der Waals surface area (Å²) in [5.41, 5.74) is 5.85. The van der Waals surface area contributed by atoms with Crippen LogP contribution in [0.25, 0.3) is 11.2 Å². The van der Waals surface area contributed by atoms with Gasteiger partial charge in [0, 0.05) is 27.1 Å². The number of nitrogens with zero attached hydrogens (tertiary/aromatic N) is 4. The molecule has 7 heteroatoms. The van der Waals surface area contributed by atoms with Gasteiger partial charge in [-0.25, -0.2) is 9.78 Å². The summed E-state index contributed by atoms with van der Waals surface area (Å²) < 4.78 is 4.55. The Kier molecular flexibility index (Phi) is 4.62. The van der Waals surface area contributed by atoms with Crippen LogP contribution in [-0.2, 0) is 27.1 Å². The first kappa shape index (κ1) is 15.5. The van der Waals surface area contributed by atoms with Crippen molar-refractivity contribution in [3.63, 3.8) is 0 Å². The van der Waals surface area contributed by atoms with Crippen LogP contribution < -0.4 is 17.0 Å². The average molecular weight is 293 g/mol. The summed E-state index contributed by atoms with van der Waals surface area (Å²) in [6.45, 7) is 3.01. The Morgan fingerprint density at radius 2 is 1.86 bits per heavy atom. The summed E-state index contributed by atoms with van der Waals surface area (Å²) in [5.74, 6) is 0.833. The molecule has 7 nitrogen and oxygen atoms in total. The maximum Gasteiger partial charge on any atom is 0.332 e. The number of imidazole rings is 1. The third-order valence-corrected chi connectivity index (χ3v) is 3.76. The van der Waals surface area contributed by atoms with E-state index in [1.54, 1.807) is 11.6 Å². The van der Waals surface area contributed by atoms with Crippen molar-refractivity contribution in [1.29, 1.82) is 0 Å². The van der Waals surface area contributed by atoms with E-state index in [4.69, 9.17) is 5.73 Å². The van der Waals surface area contributed by atoms with Crippen LogP contribution in [0.2, 0.25) is 0 Å². The quantitative estimate of drug-likeness (QED) is 0.767. The molecular formula is C14H23N5O2. The number of nitrogens with two attached hydrogens (primary N) is 1. The Morgan fingerprint density at radius 1 is 1.14 bits per heavy atom. The zero-order valence-corrected chi connectivity index (χ0v) is 12.9. The van der Waals surface area contributed by atoms with Crippen molar-refractivity contribution in [3.05, 3.63) is 26.7 Å². The molecule has 0 fully saturated rings. The van der Waals surface area contributed by atoms with Gasteiger partial charge in [0.15, 0.2) is 11.2 Å². The molecule has 0 aromatic carbocycles. The fourth-order valence-electron chi connectivity index (χ4n) is 2.55. The highest BCUT2D eigenvalue weighted by Crippen LogP contribution is 2.10. The van der Waals surface area contributed by atoms with Crippen LogP contribution in [0.3, 0.4) is 0 Å². The minimum absolute atomic E-state index is 0.262. The highest BCUT2D eigenvalue weighted by Gasteiger charge is 2.17. The molecule has 0 aliphatic carbocycles. The van der Waals surface area contributed by atoms with Gasteiger partial charge < -0.3 is 10.3 Å². The molecule has 0 aliphatic heterocycles. The van der Waals surface area contributed by atoms with Gasteiger partial charge in [0.2, 0.25) is 0 Å². The molecule has 0 atom stereocenters. The second kappa shape index (κ2) is 6.26. The lowest BCUT2D eigenvalue weighted by molar-refractivity contribution is 0.556. The highest BCUT2D eigenvalue weighted by molar-refractivity contribution is 5.70. The number of unbranched alkanes of at least 4 members (excludes halogenated alkanes) is 1. The maximum atomic E-state index is 12.6. The second-order valence-electron chi connectivity index (χ2n) is 5.30. The number of aryl methyl sites for hydroxylation is 3. The number of fused-ring (bicyclic) bond motifs is 1. The molecule has 116 valence electrons. The minimum atomic E-state index is -0.314. The molecule has 0 aliphatic rings. The van der Waals surface area contributed by atoms with E-state index < -0.39 is 0 Å². The lowest BCUT2D eigenvalue weighted by Crippen LogP contribution is -2.39. The van der Waals surface area contributed by atoms with Crippen molar-refractivity contribution in [3.8, 4) is 0 Å². The number of aromatic nitrogens is 4. The molecule has 0 saturated carbocycles. The van der Waals surface area contributed by atoms with Crippen LogP contribution in [0.15, 0.2) is 9.59 Å². The van der Waals surface area contributed by atoms with Crippen molar-refractivity contribution in [2.75, 3.05) is 6.54 Å². The van der Waals surface area contributed by atoms with Crippen molar-refractivity contribution in [2.45, 2.75) is 39.2 Å².